The highest BCUT2D eigenvalue weighted by atomic mass is 17.2. The third-order valence-corrected chi connectivity index (χ3v) is 20.8. The number of hydrogen-bond donors (Lipinski definition) is 4. The summed E-state index contributed by atoms with van der Waals surface area (Å²) < 4.78 is 74.2. The fourth-order valence-electron chi connectivity index (χ4n) is 16.2. The summed E-state index contributed by atoms with van der Waals surface area (Å²) in [5, 5.41) is 43.2. The van der Waals surface area contributed by atoms with Gasteiger partial charge in [-0.15, -0.1) is 0 Å². The SMILES string of the molecule is C=C1C2CC3O[C@H]4C[C@H]5OOC6C(CC[C@H]5O[C@H]4[C@H](C)C3OC(=O)CC3CCC4OC5C7O[C@@]8(O)C5O[C@@](CCC5CC(=C)[C@H](CC[C@@H](C[C@H]1C)O2)O5)(OC7[C@H]4O3)C8O)OO[C@H]1CC(CC[C@@H](O)CO)OC1[C@@H](C)CC[C@@H]6C. The van der Waals surface area contributed by atoms with E-state index in [-0.39, 0.29) is 92.0 Å². The molecule has 14 heterocycles. The zero-order chi connectivity index (χ0) is 53.9. The largest absolute Gasteiger partial charge is 0.459 e. The van der Waals surface area contributed by atoms with E-state index in [4.69, 9.17) is 71.7 Å². The molecule has 14 aliphatic rings. The van der Waals surface area contributed by atoms with Gasteiger partial charge < -0.3 is 72.5 Å². The molecular weight excluding hydrogens is 1020 g/mol. The van der Waals surface area contributed by atoms with Crippen LogP contribution in [0.1, 0.15) is 143 Å². The Bertz CT molecular complexity index is 2190. The Morgan fingerprint density at radius 1 is 0.577 bits per heavy atom. The second kappa shape index (κ2) is 22.0. The predicted molar refractivity (Wildman–Crippen MR) is 269 cm³/mol. The maximum Gasteiger partial charge on any atom is 0.308 e. The number of carbonyl (C=O) groups excluding carboxylic acids is 1. The first-order valence-electron chi connectivity index (χ1n) is 30.1. The Labute approximate surface area is 457 Å². The van der Waals surface area contributed by atoms with E-state index in [1.807, 2.05) is 0 Å². The Balaban J connectivity index is 0.736. The zero-order valence-corrected chi connectivity index (χ0v) is 45.8. The average molecular weight is 1100 g/mol. The molecule has 4 N–H and O–H groups in total. The van der Waals surface area contributed by atoms with Gasteiger partial charge in [-0.25, -0.2) is 19.6 Å². The minimum absolute atomic E-state index is 0.0402. The lowest BCUT2D eigenvalue weighted by atomic mass is 9.79. The van der Waals surface area contributed by atoms with Crippen molar-refractivity contribution in [3.05, 3.63) is 24.3 Å². The summed E-state index contributed by atoms with van der Waals surface area (Å²) in [6, 6.07) is 0. The molecule has 0 aromatic heterocycles. The van der Waals surface area contributed by atoms with Gasteiger partial charge in [0.2, 0.25) is 11.6 Å². The van der Waals surface area contributed by atoms with Crippen molar-refractivity contribution in [1.82, 2.24) is 0 Å². The quantitative estimate of drug-likeness (QED) is 0.170. The zero-order valence-electron chi connectivity index (χ0n) is 45.8. The van der Waals surface area contributed by atoms with Crippen molar-refractivity contribution in [3.8, 4) is 0 Å². The lowest BCUT2D eigenvalue weighted by Crippen LogP contribution is -2.63. The van der Waals surface area contributed by atoms with Gasteiger partial charge in [0.05, 0.1) is 92.4 Å². The number of hydrogen-bond acceptors (Lipinski definition) is 20. The van der Waals surface area contributed by atoms with Crippen LogP contribution in [0.15, 0.2) is 24.3 Å². The third kappa shape index (κ3) is 10.1. The molecule has 20 nitrogen and oxygen atoms in total. The lowest BCUT2D eigenvalue weighted by molar-refractivity contribution is -0.442. The van der Waals surface area contributed by atoms with Crippen molar-refractivity contribution in [2.75, 3.05) is 6.61 Å². The third-order valence-electron chi connectivity index (χ3n) is 20.8. The molecule has 0 amide bonds. The number of ether oxygens (including phenoxy) is 11. The summed E-state index contributed by atoms with van der Waals surface area (Å²) >= 11 is 0. The molecule has 0 aromatic rings. The number of carbonyl (C=O) groups is 1. The van der Waals surface area contributed by atoms with E-state index in [0.717, 1.165) is 36.8 Å². The first-order valence-corrected chi connectivity index (χ1v) is 30.1. The van der Waals surface area contributed by atoms with Crippen molar-refractivity contribution in [1.29, 1.82) is 0 Å². The molecule has 0 saturated carbocycles. The molecule has 14 aliphatic heterocycles. The molecule has 438 valence electrons. The van der Waals surface area contributed by atoms with Gasteiger partial charge >= 0.3 is 5.97 Å². The van der Waals surface area contributed by atoms with Crippen molar-refractivity contribution in [3.63, 3.8) is 0 Å². The van der Waals surface area contributed by atoms with Gasteiger partial charge in [0, 0.05) is 31.6 Å². The van der Waals surface area contributed by atoms with Crippen molar-refractivity contribution in [2.24, 2.45) is 23.7 Å². The Morgan fingerprint density at radius 3 is 2.12 bits per heavy atom. The fraction of sp³-hybridized carbons (Fsp3) is 0.914. The Morgan fingerprint density at radius 2 is 1.28 bits per heavy atom. The van der Waals surface area contributed by atoms with Crippen LogP contribution in [-0.4, -0.2) is 191 Å². The van der Waals surface area contributed by atoms with Crippen LogP contribution in [0, 0.1) is 23.7 Å². The van der Waals surface area contributed by atoms with Crippen molar-refractivity contribution in [2.45, 2.75) is 301 Å². The van der Waals surface area contributed by atoms with Gasteiger partial charge in [-0.3, -0.25) is 4.79 Å². The Hall–Kier alpha value is -1.77. The van der Waals surface area contributed by atoms with Crippen LogP contribution in [0.4, 0.5) is 0 Å². The molecule has 12 bridgehead atoms. The number of fused-ring (bicyclic) bond motifs is 10. The first-order chi connectivity index (χ1) is 37.5. The maximum atomic E-state index is 14.6. The van der Waals surface area contributed by atoms with E-state index in [0.29, 0.717) is 77.0 Å². The lowest BCUT2D eigenvalue weighted by Gasteiger charge is -2.52. The van der Waals surface area contributed by atoms with Crippen LogP contribution in [0.25, 0.3) is 0 Å². The highest BCUT2D eigenvalue weighted by Crippen LogP contribution is 2.58. The molecule has 30 atom stereocenters. The summed E-state index contributed by atoms with van der Waals surface area (Å²) in [5.41, 5.74) is 2.00. The second-order valence-corrected chi connectivity index (χ2v) is 26.1. The molecule has 0 aliphatic carbocycles. The summed E-state index contributed by atoms with van der Waals surface area (Å²) in [5.74, 6) is -3.93. The van der Waals surface area contributed by atoms with Crippen LogP contribution in [-0.2, 0) is 76.5 Å². The molecule has 20 heteroatoms. The summed E-state index contributed by atoms with van der Waals surface area (Å²) in [7, 11) is 0. The molecule has 1 spiro atoms. The fourth-order valence-corrected chi connectivity index (χ4v) is 16.2. The normalized spacial score (nSPS) is 54.7. The molecule has 14 rings (SSSR count). The highest BCUT2D eigenvalue weighted by molar-refractivity contribution is 5.70. The minimum Gasteiger partial charge on any atom is -0.459 e. The van der Waals surface area contributed by atoms with E-state index < -0.39 is 115 Å². The average Bonchev–Trinajstić information content (AvgIpc) is 4.13. The smallest absolute Gasteiger partial charge is 0.308 e. The topological polar surface area (TPSA) is 236 Å². The van der Waals surface area contributed by atoms with E-state index in [2.05, 4.69) is 40.9 Å². The number of aliphatic hydroxyl groups is 4. The van der Waals surface area contributed by atoms with Gasteiger partial charge in [-0.05, 0) is 112 Å². The second-order valence-electron chi connectivity index (χ2n) is 26.1. The van der Waals surface area contributed by atoms with Crippen LogP contribution < -0.4 is 0 Å². The summed E-state index contributed by atoms with van der Waals surface area (Å²) in [6.07, 6.45) is -2.13. The minimum atomic E-state index is -2.03. The van der Waals surface area contributed by atoms with Gasteiger partial charge in [-0.2, -0.15) is 0 Å². The molecule has 14 fully saturated rings. The van der Waals surface area contributed by atoms with E-state index >= 15 is 0 Å². The highest BCUT2D eigenvalue weighted by Gasteiger charge is 2.79. The van der Waals surface area contributed by atoms with Crippen molar-refractivity contribution < 1.29 is 96.9 Å². The van der Waals surface area contributed by atoms with E-state index in [1.165, 1.54) is 0 Å². The van der Waals surface area contributed by atoms with Crippen LogP contribution in [0.2, 0.25) is 0 Å². The number of rotatable bonds is 4. The van der Waals surface area contributed by atoms with Crippen LogP contribution in [0.3, 0.4) is 0 Å². The maximum absolute atomic E-state index is 14.6. The predicted octanol–water partition coefficient (Wildman–Crippen LogP) is 4.66. The van der Waals surface area contributed by atoms with E-state index in [9.17, 15) is 25.2 Å². The molecule has 78 heavy (non-hydrogen) atoms. The van der Waals surface area contributed by atoms with Crippen molar-refractivity contribution >= 4 is 5.97 Å². The number of esters is 1. The standard InChI is InChI=1S/C58H86O20/c1-26-7-8-27(2)48-40(75-77-45-21-34(66-47(26)45)10-9-32(60)25-59)16-15-38-42(76-78-48)24-44-49(69-38)31(6)50-43(68-44)23-41-30(5)28(3)19-33(65-41)11-13-37-29(4)20-36(64-37)17-18-57-56(62)58(63)55(74-57)54-53(73-58)52(72-57)51-39(70-54)14-12-35(67-51)22-46(61)71-50/h26-28,31-45,47-56,59-60,62-63H,4-5,7-25H2,1-3,6H3/t26-,27-,28+,31-,32+,33-,34?,35?,36?,37-,38+,39?,40?,41?,42+,43?,44-,45-,47?,48?,49-,50?,51-,52?,53?,54?,55?,56?,57+,58-/m0/s1. The van der Waals surface area contributed by atoms with Gasteiger partial charge in [0.15, 0.2) is 6.10 Å². The van der Waals surface area contributed by atoms with Gasteiger partial charge in [0.1, 0.15) is 61.0 Å². The molecular formula is C58H86O20. The van der Waals surface area contributed by atoms with Gasteiger partial charge in [0.25, 0.3) is 0 Å². The molecule has 0 radical (unpaired) electrons. The molecule has 15 unspecified atom stereocenters. The number of aliphatic hydroxyl groups excluding tert-OH is 3. The van der Waals surface area contributed by atoms with Crippen LogP contribution >= 0.6 is 0 Å². The summed E-state index contributed by atoms with van der Waals surface area (Å²) in [6.45, 7) is 17.4. The van der Waals surface area contributed by atoms with Gasteiger partial charge in [-0.1, -0.05) is 40.9 Å². The van der Waals surface area contributed by atoms with Crippen LogP contribution in [0.5, 0.6) is 0 Å². The monoisotopic (exact) mass is 1100 g/mol. The summed E-state index contributed by atoms with van der Waals surface area (Å²) in [4.78, 5) is 40.1. The van der Waals surface area contributed by atoms with E-state index in [1.54, 1.807) is 0 Å². The molecule has 14 saturated heterocycles. The molecule has 0 aromatic carbocycles. The Kier molecular flexibility index (Phi) is 15.6. The first kappa shape index (κ1) is 55.4.